The Labute approximate surface area is 188 Å². The number of nitrogens with one attached hydrogen (secondary N) is 2. The Kier molecular flexibility index (Phi) is 10.0. The molecule has 2 aliphatic heterocycles. The van der Waals surface area contributed by atoms with Crippen molar-refractivity contribution in [3.8, 4) is 0 Å². The van der Waals surface area contributed by atoms with E-state index in [2.05, 4.69) is 71.7 Å². The molecule has 0 radical (unpaired) electrons. The van der Waals surface area contributed by atoms with E-state index in [1.165, 1.54) is 37.9 Å². The van der Waals surface area contributed by atoms with E-state index in [1.54, 1.807) is 0 Å². The molecule has 2 aliphatic rings. The van der Waals surface area contributed by atoms with E-state index in [-0.39, 0.29) is 24.0 Å². The van der Waals surface area contributed by atoms with Crippen LogP contribution in [0.15, 0.2) is 35.3 Å². The van der Waals surface area contributed by atoms with Gasteiger partial charge in [-0.05, 0) is 58.2 Å². The zero-order chi connectivity index (χ0) is 19.1. The average Bonchev–Trinajstić information content (AvgIpc) is 3.00. The number of hydrogen-bond acceptors (Lipinski definition) is 3. The molecule has 28 heavy (non-hydrogen) atoms. The number of hydrogen-bond donors (Lipinski definition) is 2. The summed E-state index contributed by atoms with van der Waals surface area (Å²) in [5.74, 6) is 1.68. The highest BCUT2D eigenvalue weighted by Crippen LogP contribution is 2.20. The Balaban J connectivity index is 0.00000280. The Bertz CT molecular complexity index is 594. The van der Waals surface area contributed by atoms with Crippen molar-refractivity contribution < 1.29 is 0 Å². The third-order valence-corrected chi connectivity index (χ3v) is 5.85. The van der Waals surface area contributed by atoms with E-state index >= 15 is 0 Å². The maximum absolute atomic E-state index is 4.92. The van der Waals surface area contributed by atoms with Crippen molar-refractivity contribution in [2.24, 2.45) is 10.9 Å². The minimum Gasteiger partial charge on any atom is -0.357 e. The summed E-state index contributed by atoms with van der Waals surface area (Å²) in [4.78, 5) is 9.93. The second-order valence-electron chi connectivity index (χ2n) is 8.33. The topological polar surface area (TPSA) is 42.9 Å². The summed E-state index contributed by atoms with van der Waals surface area (Å²) in [5.41, 5.74) is 1.40. The molecular formula is C22H38IN5. The first kappa shape index (κ1) is 23.4. The molecule has 3 unspecified atom stereocenters. The van der Waals surface area contributed by atoms with E-state index in [9.17, 15) is 0 Å². The molecule has 0 aliphatic carbocycles. The normalized spacial score (nSPS) is 26.7. The Morgan fingerprint density at radius 3 is 2.71 bits per heavy atom. The molecule has 2 heterocycles. The number of halogens is 1. The predicted molar refractivity (Wildman–Crippen MR) is 129 cm³/mol. The van der Waals surface area contributed by atoms with Crippen LogP contribution in [0.25, 0.3) is 0 Å². The lowest BCUT2D eigenvalue weighted by Crippen LogP contribution is -2.45. The molecule has 0 saturated carbocycles. The summed E-state index contributed by atoms with van der Waals surface area (Å²) in [6.07, 6.45) is 3.78. The van der Waals surface area contributed by atoms with Gasteiger partial charge in [-0.1, -0.05) is 30.3 Å². The first-order chi connectivity index (χ1) is 13.1. The number of likely N-dealkylation sites (tertiary alicyclic amines) is 2. The molecule has 2 N–H and O–H groups in total. The van der Waals surface area contributed by atoms with Gasteiger partial charge in [0.25, 0.3) is 0 Å². The van der Waals surface area contributed by atoms with Crippen molar-refractivity contribution in [2.75, 3.05) is 39.8 Å². The van der Waals surface area contributed by atoms with Crippen LogP contribution in [0.2, 0.25) is 0 Å². The van der Waals surface area contributed by atoms with Crippen molar-refractivity contribution >= 4 is 29.9 Å². The molecule has 0 spiro atoms. The molecule has 3 atom stereocenters. The van der Waals surface area contributed by atoms with Crippen LogP contribution in [0.5, 0.6) is 0 Å². The quantitative estimate of drug-likeness (QED) is 0.359. The fraction of sp³-hybridized carbons (Fsp3) is 0.682. The summed E-state index contributed by atoms with van der Waals surface area (Å²) in [7, 11) is 2.22. The van der Waals surface area contributed by atoms with Crippen LogP contribution in [0.3, 0.4) is 0 Å². The smallest absolute Gasteiger partial charge is 0.191 e. The van der Waals surface area contributed by atoms with Gasteiger partial charge >= 0.3 is 0 Å². The molecule has 3 rings (SSSR count). The first-order valence-corrected chi connectivity index (χ1v) is 10.7. The van der Waals surface area contributed by atoms with Gasteiger partial charge in [0.05, 0.1) is 0 Å². The molecular weight excluding hydrogens is 461 g/mol. The van der Waals surface area contributed by atoms with Crippen LogP contribution in [0.1, 0.15) is 38.7 Å². The molecule has 0 amide bonds. The van der Waals surface area contributed by atoms with E-state index < -0.39 is 0 Å². The summed E-state index contributed by atoms with van der Waals surface area (Å²) in [6.45, 7) is 10.8. The lowest BCUT2D eigenvalue weighted by Gasteiger charge is -2.29. The van der Waals surface area contributed by atoms with Crippen molar-refractivity contribution in [1.29, 1.82) is 0 Å². The van der Waals surface area contributed by atoms with Crippen LogP contribution in [-0.4, -0.2) is 67.6 Å². The average molecular weight is 499 g/mol. The lowest BCUT2D eigenvalue weighted by molar-refractivity contribution is 0.214. The molecule has 6 heteroatoms. The van der Waals surface area contributed by atoms with Crippen LogP contribution in [0, 0.1) is 5.92 Å². The standard InChI is InChI=1S/C22H37N5.HI/c1-4-23-22(24-14-20-11-8-12-26(3)15-20)25-21-13-18(2)27(17-21)16-19-9-6-5-7-10-19;/h5-7,9-10,18,20-21H,4,8,11-17H2,1-3H3,(H2,23,24,25);1H. The van der Waals surface area contributed by atoms with E-state index in [4.69, 9.17) is 4.99 Å². The zero-order valence-electron chi connectivity index (χ0n) is 17.7. The molecule has 158 valence electrons. The molecule has 2 fully saturated rings. The molecule has 1 aromatic rings. The number of benzene rings is 1. The second kappa shape index (κ2) is 12.0. The Morgan fingerprint density at radius 1 is 1.21 bits per heavy atom. The maximum atomic E-state index is 4.92. The molecule has 5 nitrogen and oxygen atoms in total. The van der Waals surface area contributed by atoms with Crippen molar-refractivity contribution in [2.45, 2.75) is 51.7 Å². The Hall–Kier alpha value is -0.860. The van der Waals surface area contributed by atoms with Crippen LogP contribution >= 0.6 is 24.0 Å². The minimum atomic E-state index is 0. The molecule has 0 aromatic heterocycles. The lowest BCUT2D eigenvalue weighted by atomic mass is 9.99. The fourth-order valence-electron chi connectivity index (χ4n) is 4.40. The van der Waals surface area contributed by atoms with E-state index in [0.717, 1.165) is 32.1 Å². The summed E-state index contributed by atoms with van der Waals surface area (Å²) >= 11 is 0. The van der Waals surface area contributed by atoms with Gasteiger partial charge in [-0.15, -0.1) is 24.0 Å². The van der Waals surface area contributed by atoms with Crippen molar-refractivity contribution in [3.63, 3.8) is 0 Å². The maximum Gasteiger partial charge on any atom is 0.191 e. The third kappa shape index (κ3) is 7.19. The monoisotopic (exact) mass is 499 g/mol. The van der Waals surface area contributed by atoms with Crippen LogP contribution < -0.4 is 10.6 Å². The number of piperidine rings is 1. The molecule has 0 bridgehead atoms. The SMILES string of the molecule is CCNC(=NCC1CCCN(C)C1)NC1CC(C)N(Cc2ccccc2)C1.I. The van der Waals surface area contributed by atoms with Gasteiger partial charge in [0, 0.05) is 44.8 Å². The van der Waals surface area contributed by atoms with Crippen LogP contribution in [-0.2, 0) is 6.54 Å². The second-order valence-corrected chi connectivity index (χ2v) is 8.33. The van der Waals surface area contributed by atoms with Gasteiger partial charge in [0.1, 0.15) is 0 Å². The molecule has 1 aromatic carbocycles. The van der Waals surface area contributed by atoms with E-state index in [1.807, 2.05) is 0 Å². The Morgan fingerprint density at radius 2 is 2.00 bits per heavy atom. The van der Waals surface area contributed by atoms with Gasteiger partial charge < -0.3 is 15.5 Å². The minimum absolute atomic E-state index is 0. The molecule has 2 saturated heterocycles. The van der Waals surface area contributed by atoms with Crippen LogP contribution in [0.4, 0.5) is 0 Å². The van der Waals surface area contributed by atoms with E-state index in [0.29, 0.717) is 18.0 Å². The zero-order valence-corrected chi connectivity index (χ0v) is 20.1. The highest BCUT2D eigenvalue weighted by molar-refractivity contribution is 14.0. The number of nitrogens with zero attached hydrogens (tertiary/aromatic N) is 3. The predicted octanol–water partition coefficient (Wildman–Crippen LogP) is 3.16. The van der Waals surface area contributed by atoms with Crippen molar-refractivity contribution in [3.05, 3.63) is 35.9 Å². The van der Waals surface area contributed by atoms with Gasteiger partial charge in [-0.2, -0.15) is 0 Å². The van der Waals surface area contributed by atoms with Gasteiger partial charge in [-0.3, -0.25) is 9.89 Å². The first-order valence-electron chi connectivity index (χ1n) is 10.7. The largest absolute Gasteiger partial charge is 0.357 e. The highest BCUT2D eigenvalue weighted by atomic mass is 127. The third-order valence-electron chi connectivity index (χ3n) is 5.85. The van der Waals surface area contributed by atoms with Gasteiger partial charge in [-0.25, -0.2) is 0 Å². The van der Waals surface area contributed by atoms with Gasteiger partial charge in [0.15, 0.2) is 5.96 Å². The van der Waals surface area contributed by atoms with Crippen molar-refractivity contribution in [1.82, 2.24) is 20.4 Å². The number of rotatable bonds is 6. The number of aliphatic imine (C=N–C) groups is 1. The summed E-state index contributed by atoms with van der Waals surface area (Å²) < 4.78 is 0. The summed E-state index contributed by atoms with van der Waals surface area (Å²) in [5, 5.41) is 7.14. The summed E-state index contributed by atoms with van der Waals surface area (Å²) in [6, 6.07) is 11.9. The van der Waals surface area contributed by atoms with Gasteiger partial charge in [0.2, 0.25) is 0 Å². The highest BCUT2D eigenvalue weighted by Gasteiger charge is 2.29. The fourth-order valence-corrected chi connectivity index (χ4v) is 4.40. The number of guanidine groups is 1.